The van der Waals surface area contributed by atoms with E-state index in [1.807, 2.05) is 31.2 Å². The Balaban J connectivity index is 2.12. The van der Waals surface area contributed by atoms with E-state index in [0.29, 0.717) is 22.8 Å². The lowest BCUT2D eigenvalue weighted by Crippen LogP contribution is -1.87. The van der Waals surface area contributed by atoms with E-state index in [2.05, 4.69) is 15.0 Å². The molecule has 0 atom stereocenters. The Morgan fingerprint density at radius 1 is 1.11 bits per heavy atom. The first-order valence-electron chi connectivity index (χ1n) is 5.62. The van der Waals surface area contributed by atoms with Gasteiger partial charge >= 0.3 is 0 Å². The highest BCUT2D eigenvalue weighted by Crippen LogP contribution is 2.26. The smallest absolute Gasteiger partial charge is 0.252 e. The number of fused-ring (bicyclic) bond motifs is 1. The van der Waals surface area contributed by atoms with Gasteiger partial charge in [-0.2, -0.15) is 4.98 Å². The van der Waals surface area contributed by atoms with E-state index in [4.69, 9.17) is 20.8 Å². The molecule has 19 heavy (non-hydrogen) atoms. The summed E-state index contributed by atoms with van der Waals surface area (Å²) >= 11 is 5.79. The molecule has 0 aliphatic carbocycles. The molecule has 0 radical (unpaired) electrons. The van der Waals surface area contributed by atoms with Crippen molar-refractivity contribution in [2.45, 2.75) is 6.92 Å². The predicted octanol–water partition coefficient (Wildman–Crippen LogP) is 3.26. The minimum Gasteiger partial charge on any atom is -0.497 e. The van der Waals surface area contributed by atoms with Crippen molar-refractivity contribution < 1.29 is 9.15 Å². The van der Waals surface area contributed by atoms with Gasteiger partial charge in [-0.3, -0.25) is 0 Å². The van der Waals surface area contributed by atoms with Gasteiger partial charge in [0.25, 0.3) is 5.71 Å². The quantitative estimate of drug-likeness (QED) is 0.672. The summed E-state index contributed by atoms with van der Waals surface area (Å²) in [7, 11) is 1.62. The van der Waals surface area contributed by atoms with Crippen LogP contribution in [0.1, 0.15) is 5.69 Å². The second-order valence-electron chi connectivity index (χ2n) is 3.98. The van der Waals surface area contributed by atoms with E-state index >= 15 is 0 Å². The molecule has 2 heterocycles. The zero-order valence-electron chi connectivity index (χ0n) is 10.3. The van der Waals surface area contributed by atoms with E-state index in [9.17, 15) is 0 Å². The van der Waals surface area contributed by atoms with Crippen molar-refractivity contribution in [3.05, 3.63) is 35.2 Å². The maximum atomic E-state index is 5.79. The van der Waals surface area contributed by atoms with E-state index in [1.165, 1.54) is 0 Å². The number of hydrogen-bond donors (Lipinski definition) is 0. The monoisotopic (exact) mass is 275 g/mol. The number of hydrogen-bond acceptors (Lipinski definition) is 5. The number of aryl methyl sites for hydroxylation is 1. The van der Waals surface area contributed by atoms with Crippen LogP contribution >= 0.6 is 11.6 Å². The van der Waals surface area contributed by atoms with Gasteiger partial charge in [0.2, 0.25) is 11.2 Å². The molecule has 3 aromatic rings. The van der Waals surface area contributed by atoms with Crippen LogP contribution in [0.4, 0.5) is 0 Å². The summed E-state index contributed by atoms with van der Waals surface area (Å²) in [5.41, 5.74) is 2.55. The Labute approximate surface area is 114 Å². The molecule has 0 saturated carbocycles. The first-order valence-corrected chi connectivity index (χ1v) is 6.00. The third-order valence-electron chi connectivity index (χ3n) is 2.74. The van der Waals surface area contributed by atoms with Crippen molar-refractivity contribution in [3.63, 3.8) is 0 Å². The highest BCUT2D eigenvalue weighted by Gasteiger charge is 2.13. The second-order valence-corrected chi connectivity index (χ2v) is 4.32. The predicted molar refractivity (Wildman–Crippen MR) is 71.3 cm³/mol. The molecule has 1 aromatic carbocycles. The number of benzene rings is 1. The van der Waals surface area contributed by atoms with E-state index in [-0.39, 0.29) is 5.28 Å². The van der Waals surface area contributed by atoms with E-state index in [1.54, 1.807) is 7.11 Å². The van der Waals surface area contributed by atoms with Gasteiger partial charge < -0.3 is 9.15 Å². The van der Waals surface area contributed by atoms with Crippen LogP contribution in [0, 0.1) is 6.92 Å². The van der Waals surface area contributed by atoms with Gasteiger partial charge in [0.05, 0.1) is 12.8 Å². The van der Waals surface area contributed by atoms with Crippen LogP contribution in [0.2, 0.25) is 5.28 Å². The van der Waals surface area contributed by atoms with Gasteiger partial charge in [-0.1, -0.05) is 0 Å². The fraction of sp³-hybridized carbons (Fsp3) is 0.154. The molecule has 6 heteroatoms. The molecule has 96 valence electrons. The molecule has 0 unspecified atom stereocenters. The average molecular weight is 276 g/mol. The molecule has 2 aromatic heterocycles. The summed E-state index contributed by atoms with van der Waals surface area (Å²) in [6, 6.07) is 7.42. The second kappa shape index (κ2) is 4.51. The van der Waals surface area contributed by atoms with Crippen LogP contribution in [-0.4, -0.2) is 22.1 Å². The summed E-state index contributed by atoms with van der Waals surface area (Å²) in [5, 5.41) is 0.155. The van der Waals surface area contributed by atoms with Crippen LogP contribution in [0.5, 0.6) is 5.75 Å². The number of aromatic nitrogens is 3. The number of rotatable bonds is 2. The summed E-state index contributed by atoms with van der Waals surface area (Å²) < 4.78 is 10.7. The molecular weight excluding hydrogens is 266 g/mol. The fourth-order valence-electron chi connectivity index (χ4n) is 1.78. The summed E-state index contributed by atoms with van der Waals surface area (Å²) in [4.78, 5) is 12.5. The Bertz CT molecular complexity index is 737. The molecule has 0 amide bonds. The van der Waals surface area contributed by atoms with Crippen molar-refractivity contribution in [2.24, 2.45) is 0 Å². The zero-order chi connectivity index (χ0) is 13.4. The first-order chi connectivity index (χ1) is 9.17. The van der Waals surface area contributed by atoms with Crippen LogP contribution < -0.4 is 4.74 Å². The Morgan fingerprint density at radius 2 is 1.84 bits per heavy atom. The van der Waals surface area contributed by atoms with Crippen molar-refractivity contribution in [3.8, 4) is 17.2 Å². The molecule has 0 spiro atoms. The fourth-order valence-corrected chi connectivity index (χ4v) is 1.98. The Kier molecular flexibility index (Phi) is 2.83. The number of ether oxygens (including phenoxy) is 1. The standard InChI is InChI=1S/C13H10ClN3O2/c1-7-10-12(17-13(14)15-7)19-11(16-10)8-3-5-9(18-2)6-4-8/h3-6H,1-2H3. The van der Waals surface area contributed by atoms with Gasteiger partial charge in [-0.05, 0) is 42.8 Å². The van der Waals surface area contributed by atoms with Gasteiger partial charge in [0, 0.05) is 5.56 Å². The van der Waals surface area contributed by atoms with Crippen LogP contribution in [-0.2, 0) is 0 Å². The minimum atomic E-state index is 0.155. The van der Waals surface area contributed by atoms with Gasteiger partial charge in [0.15, 0.2) is 5.52 Å². The molecule has 0 saturated heterocycles. The first kappa shape index (κ1) is 11.9. The Morgan fingerprint density at radius 3 is 2.53 bits per heavy atom. The molecule has 0 aliphatic heterocycles. The lowest BCUT2D eigenvalue weighted by atomic mass is 10.2. The average Bonchev–Trinajstić information content (AvgIpc) is 2.83. The van der Waals surface area contributed by atoms with E-state index in [0.717, 1.165) is 11.3 Å². The number of methoxy groups -OCH3 is 1. The molecule has 5 nitrogen and oxygen atoms in total. The highest BCUT2D eigenvalue weighted by molar-refractivity contribution is 6.28. The van der Waals surface area contributed by atoms with Crippen LogP contribution in [0.3, 0.4) is 0 Å². The SMILES string of the molecule is COc1ccc(-c2nc3c(C)nc(Cl)nc3o2)cc1. The highest BCUT2D eigenvalue weighted by atomic mass is 35.5. The largest absolute Gasteiger partial charge is 0.497 e. The van der Waals surface area contributed by atoms with Crippen molar-refractivity contribution >= 4 is 22.8 Å². The minimum absolute atomic E-state index is 0.155. The third kappa shape index (κ3) is 2.13. The molecule has 0 N–H and O–H groups in total. The maximum Gasteiger partial charge on any atom is 0.252 e. The molecular formula is C13H10ClN3O2. The molecule has 3 rings (SSSR count). The lowest BCUT2D eigenvalue weighted by Gasteiger charge is -1.99. The maximum absolute atomic E-state index is 5.79. The number of nitrogens with zero attached hydrogens (tertiary/aromatic N) is 3. The van der Waals surface area contributed by atoms with Crippen LogP contribution in [0.25, 0.3) is 22.7 Å². The summed E-state index contributed by atoms with van der Waals surface area (Å²) in [6.45, 7) is 1.82. The third-order valence-corrected chi connectivity index (χ3v) is 2.91. The topological polar surface area (TPSA) is 61.0 Å². The van der Waals surface area contributed by atoms with Crippen LogP contribution in [0.15, 0.2) is 28.7 Å². The molecule has 0 aliphatic rings. The van der Waals surface area contributed by atoms with Gasteiger partial charge in [-0.15, -0.1) is 0 Å². The lowest BCUT2D eigenvalue weighted by molar-refractivity contribution is 0.415. The van der Waals surface area contributed by atoms with Gasteiger partial charge in [0.1, 0.15) is 5.75 Å². The van der Waals surface area contributed by atoms with Gasteiger partial charge in [-0.25, -0.2) is 9.97 Å². The zero-order valence-corrected chi connectivity index (χ0v) is 11.1. The molecule has 0 bridgehead atoms. The summed E-state index contributed by atoms with van der Waals surface area (Å²) in [5.74, 6) is 1.26. The Hall–Kier alpha value is -2.14. The molecule has 0 fully saturated rings. The van der Waals surface area contributed by atoms with E-state index < -0.39 is 0 Å². The number of oxazole rings is 1. The van der Waals surface area contributed by atoms with Crippen molar-refractivity contribution in [1.82, 2.24) is 15.0 Å². The number of halogens is 1. The summed E-state index contributed by atoms with van der Waals surface area (Å²) in [6.07, 6.45) is 0. The normalized spacial score (nSPS) is 10.9. The van der Waals surface area contributed by atoms with Crippen molar-refractivity contribution in [2.75, 3.05) is 7.11 Å². The van der Waals surface area contributed by atoms with Crippen molar-refractivity contribution in [1.29, 1.82) is 0 Å².